The Kier molecular flexibility index (Phi) is 5.59. The molecule has 0 bridgehead atoms. The van der Waals surface area contributed by atoms with Crippen LogP contribution in [0, 0.1) is 11.6 Å². The highest BCUT2D eigenvalue weighted by Gasteiger charge is 2.14. The van der Waals surface area contributed by atoms with Gasteiger partial charge in [-0.1, -0.05) is 12.1 Å². The van der Waals surface area contributed by atoms with E-state index in [1.54, 1.807) is 24.3 Å². The predicted molar refractivity (Wildman–Crippen MR) is 103 cm³/mol. The van der Waals surface area contributed by atoms with Gasteiger partial charge in [0.1, 0.15) is 23.1 Å². The molecule has 0 unspecified atom stereocenters. The van der Waals surface area contributed by atoms with Gasteiger partial charge in [-0.15, -0.1) is 0 Å². The van der Waals surface area contributed by atoms with Crippen molar-refractivity contribution in [3.8, 4) is 0 Å². The smallest absolute Gasteiger partial charge is 0.256 e. The van der Waals surface area contributed by atoms with Gasteiger partial charge in [-0.3, -0.25) is 9.59 Å². The molecule has 0 radical (unpaired) electrons. The summed E-state index contributed by atoms with van der Waals surface area (Å²) in [6.45, 7) is 1.40. The Balaban J connectivity index is 1.77. The monoisotopic (exact) mass is 382 g/mol. The quantitative estimate of drug-likeness (QED) is 0.614. The van der Waals surface area contributed by atoms with Crippen LogP contribution in [0.5, 0.6) is 0 Å². The number of benzene rings is 2. The molecule has 3 rings (SSSR count). The van der Waals surface area contributed by atoms with Crippen molar-refractivity contribution in [2.45, 2.75) is 6.92 Å². The number of nitrogens with zero attached hydrogens (tertiary/aromatic N) is 1. The molecule has 0 atom stereocenters. The molecule has 0 aliphatic heterocycles. The lowest BCUT2D eigenvalue weighted by atomic mass is 10.2. The van der Waals surface area contributed by atoms with Crippen LogP contribution in [0.3, 0.4) is 0 Å². The first-order valence-electron chi connectivity index (χ1n) is 8.28. The van der Waals surface area contributed by atoms with Crippen molar-refractivity contribution in [2.75, 3.05) is 16.0 Å². The molecular formula is C20H16F2N4O2. The Morgan fingerprint density at radius 1 is 0.893 bits per heavy atom. The van der Waals surface area contributed by atoms with Crippen LogP contribution in [0.15, 0.2) is 60.8 Å². The van der Waals surface area contributed by atoms with Crippen LogP contribution in [0.2, 0.25) is 0 Å². The Hall–Kier alpha value is -3.81. The summed E-state index contributed by atoms with van der Waals surface area (Å²) in [5.41, 5.74) is 0.887. The van der Waals surface area contributed by atoms with Crippen molar-refractivity contribution in [1.29, 1.82) is 0 Å². The van der Waals surface area contributed by atoms with E-state index in [-0.39, 0.29) is 11.5 Å². The van der Waals surface area contributed by atoms with E-state index in [0.29, 0.717) is 17.2 Å². The molecule has 1 aromatic heterocycles. The first kappa shape index (κ1) is 19.0. The molecule has 2 amide bonds. The molecule has 0 spiro atoms. The molecule has 1 heterocycles. The van der Waals surface area contributed by atoms with Gasteiger partial charge in [-0.25, -0.2) is 13.8 Å². The Morgan fingerprint density at radius 2 is 1.57 bits per heavy atom. The molecule has 2 aromatic carbocycles. The van der Waals surface area contributed by atoms with Crippen molar-refractivity contribution in [1.82, 2.24) is 4.98 Å². The first-order chi connectivity index (χ1) is 13.4. The molecule has 28 heavy (non-hydrogen) atoms. The Bertz CT molecular complexity index is 1020. The van der Waals surface area contributed by atoms with E-state index in [1.807, 2.05) is 0 Å². The third-order valence-corrected chi connectivity index (χ3v) is 3.68. The summed E-state index contributed by atoms with van der Waals surface area (Å²) in [6, 6.07) is 13.1. The highest BCUT2D eigenvalue weighted by molar-refractivity contribution is 6.04. The molecule has 6 nitrogen and oxygen atoms in total. The van der Waals surface area contributed by atoms with Crippen LogP contribution in [0.25, 0.3) is 0 Å². The van der Waals surface area contributed by atoms with Gasteiger partial charge in [0.25, 0.3) is 5.91 Å². The van der Waals surface area contributed by atoms with E-state index in [4.69, 9.17) is 0 Å². The summed E-state index contributed by atoms with van der Waals surface area (Å²) in [6.07, 6.45) is 1.40. The summed E-state index contributed by atoms with van der Waals surface area (Å²) >= 11 is 0. The number of amides is 2. The molecule has 0 aliphatic rings. The number of hydrogen-bond acceptors (Lipinski definition) is 4. The molecule has 8 heteroatoms. The maximum atomic E-state index is 13.7. The second-order valence-electron chi connectivity index (χ2n) is 5.87. The normalized spacial score (nSPS) is 10.2. The summed E-state index contributed by atoms with van der Waals surface area (Å²) < 4.78 is 27.4. The largest absolute Gasteiger partial charge is 0.340 e. The van der Waals surface area contributed by atoms with Crippen LogP contribution in [0.4, 0.5) is 31.7 Å². The minimum atomic E-state index is -0.865. The second-order valence-corrected chi connectivity index (χ2v) is 5.87. The minimum absolute atomic E-state index is 0.165. The molecule has 0 aliphatic carbocycles. The molecule has 0 saturated carbocycles. The Morgan fingerprint density at radius 3 is 2.29 bits per heavy atom. The van der Waals surface area contributed by atoms with Gasteiger partial charge >= 0.3 is 0 Å². The average molecular weight is 382 g/mol. The van der Waals surface area contributed by atoms with E-state index >= 15 is 0 Å². The van der Waals surface area contributed by atoms with E-state index in [0.717, 1.165) is 12.1 Å². The van der Waals surface area contributed by atoms with E-state index in [2.05, 4.69) is 20.9 Å². The lowest BCUT2D eigenvalue weighted by Gasteiger charge is -2.10. The fraction of sp³-hybridized carbons (Fsp3) is 0.0500. The predicted octanol–water partition coefficient (Wildman–Crippen LogP) is 4.31. The topological polar surface area (TPSA) is 83.1 Å². The third kappa shape index (κ3) is 4.67. The number of anilines is 4. The summed E-state index contributed by atoms with van der Waals surface area (Å²) in [7, 11) is 0. The molecule has 142 valence electrons. The van der Waals surface area contributed by atoms with E-state index in [1.165, 1.54) is 31.3 Å². The van der Waals surface area contributed by atoms with Gasteiger partial charge in [0.05, 0.1) is 0 Å². The fourth-order valence-electron chi connectivity index (χ4n) is 2.47. The number of para-hydroxylation sites is 1. The van der Waals surface area contributed by atoms with Crippen molar-refractivity contribution < 1.29 is 18.4 Å². The minimum Gasteiger partial charge on any atom is -0.340 e. The Labute approximate surface area is 159 Å². The first-order valence-corrected chi connectivity index (χ1v) is 8.28. The van der Waals surface area contributed by atoms with Crippen LogP contribution >= 0.6 is 0 Å². The van der Waals surface area contributed by atoms with Crippen molar-refractivity contribution in [3.05, 3.63) is 78.0 Å². The highest BCUT2D eigenvalue weighted by Crippen LogP contribution is 2.21. The van der Waals surface area contributed by atoms with Crippen molar-refractivity contribution in [2.24, 2.45) is 0 Å². The third-order valence-electron chi connectivity index (χ3n) is 3.68. The maximum Gasteiger partial charge on any atom is 0.256 e. The van der Waals surface area contributed by atoms with Crippen LogP contribution in [-0.4, -0.2) is 16.8 Å². The zero-order valence-corrected chi connectivity index (χ0v) is 14.8. The van der Waals surface area contributed by atoms with Crippen LogP contribution in [-0.2, 0) is 4.79 Å². The van der Waals surface area contributed by atoms with Crippen molar-refractivity contribution >= 4 is 34.7 Å². The molecular weight excluding hydrogens is 366 g/mol. The lowest BCUT2D eigenvalue weighted by Crippen LogP contribution is -2.14. The zero-order valence-electron chi connectivity index (χ0n) is 14.8. The molecule has 3 aromatic rings. The van der Waals surface area contributed by atoms with Crippen LogP contribution < -0.4 is 16.0 Å². The average Bonchev–Trinajstić information content (AvgIpc) is 2.65. The van der Waals surface area contributed by atoms with E-state index < -0.39 is 23.2 Å². The van der Waals surface area contributed by atoms with Gasteiger partial charge in [0, 0.05) is 30.1 Å². The van der Waals surface area contributed by atoms with Crippen LogP contribution in [0.1, 0.15) is 17.3 Å². The number of carbonyl (C=O) groups excluding carboxylic acids is 2. The zero-order chi connectivity index (χ0) is 20.1. The van der Waals surface area contributed by atoms with E-state index in [9.17, 15) is 18.4 Å². The van der Waals surface area contributed by atoms with Gasteiger partial charge < -0.3 is 16.0 Å². The van der Waals surface area contributed by atoms with Gasteiger partial charge in [0.15, 0.2) is 0 Å². The number of halogens is 2. The number of rotatable bonds is 5. The standard InChI is InChI=1S/C20H16F2N4O2/c1-12(27)24-14-4-2-5-15(11-14)25-18-10-13(8-9-23-18)20(28)26-19-16(21)6-3-7-17(19)22/h2-11H,1H3,(H,23,25)(H,24,27)(H,26,28). The second kappa shape index (κ2) is 8.26. The number of carbonyl (C=O) groups is 2. The molecule has 3 N–H and O–H groups in total. The summed E-state index contributed by atoms with van der Waals surface area (Å²) in [5, 5.41) is 7.90. The van der Waals surface area contributed by atoms with Gasteiger partial charge in [-0.05, 0) is 42.5 Å². The van der Waals surface area contributed by atoms with Crippen molar-refractivity contribution in [3.63, 3.8) is 0 Å². The lowest BCUT2D eigenvalue weighted by molar-refractivity contribution is -0.114. The summed E-state index contributed by atoms with van der Waals surface area (Å²) in [5.74, 6) is -2.26. The number of pyridine rings is 1. The van der Waals surface area contributed by atoms with Gasteiger partial charge in [-0.2, -0.15) is 0 Å². The fourth-order valence-corrected chi connectivity index (χ4v) is 2.47. The summed E-state index contributed by atoms with van der Waals surface area (Å²) in [4.78, 5) is 27.6. The SMILES string of the molecule is CC(=O)Nc1cccc(Nc2cc(C(=O)Nc3c(F)cccc3F)ccn2)c1. The van der Waals surface area contributed by atoms with Gasteiger partial charge in [0.2, 0.25) is 5.91 Å². The molecule has 0 saturated heterocycles. The maximum absolute atomic E-state index is 13.7. The molecule has 0 fully saturated rings. The number of hydrogen-bond donors (Lipinski definition) is 3. The number of aromatic nitrogens is 1. The highest BCUT2D eigenvalue weighted by atomic mass is 19.1. The number of nitrogens with one attached hydrogen (secondary N) is 3.